The standard InChI is InChI=1S/C23H41NO3/c1-18(2)9-7-5-6-8-14-27-21-11-10-20(22(26)15-21)12-13-23(24,17-25)16-19(3)4/h10-11,15,18-19,25-26H,5-9,12-14,16-17,24H2,1-4H3. The highest BCUT2D eigenvalue weighted by atomic mass is 16.5. The minimum atomic E-state index is -0.592. The molecule has 27 heavy (non-hydrogen) atoms. The first-order valence-electron chi connectivity index (χ1n) is 10.6. The first kappa shape index (κ1) is 23.8. The van der Waals surface area contributed by atoms with Gasteiger partial charge in [0.05, 0.1) is 13.2 Å². The normalized spacial score (nSPS) is 13.9. The molecule has 0 fully saturated rings. The molecule has 4 nitrogen and oxygen atoms in total. The molecule has 1 rings (SSSR count). The fourth-order valence-corrected chi connectivity index (χ4v) is 3.49. The molecule has 1 atom stereocenters. The van der Waals surface area contributed by atoms with Gasteiger partial charge >= 0.3 is 0 Å². The van der Waals surface area contributed by atoms with E-state index < -0.39 is 5.54 Å². The van der Waals surface area contributed by atoms with Gasteiger partial charge in [-0.2, -0.15) is 0 Å². The number of ether oxygens (including phenoxy) is 1. The Kier molecular flexibility index (Phi) is 10.8. The molecule has 0 radical (unpaired) electrons. The molecule has 156 valence electrons. The lowest BCUT2D eigenvalue weighted by Crippen LogP contribution is -2.45. The predicted molar refractivity (Wildman–Crippen MR) is 113 cm³/mol. The van der Waals surface area contributed by atoms with E-state index in [1.807, 2.05) is 12.1 Å². The van der Waals surface area contributed by atoms with Crippen molar-refractivity contribution in [3.05, 3.63) is 23.8 Å². The number of nitrogens with two attached hydrogens (primary N) is 1. The van der Waals surface area contributed by atoms with E-state index in [2.05, 4.69) is 27.7 Å². The summed E-state index contributed by atoms with van der Waals surface area (Å²) in [6, 6.07) is 5.50. The number of phenols is 1. The Bertz CT molecular complexity index is 530. The van der Waals surface area contributed by atoms with E-state index in [1.54, 1.807) is 6.07 Å². The van der Waals surface area contributed by atoms with Gasteiger partial charge < -0.3 is 20.7 Å². The van der Waals surface area contributed by atoms with Gasteiger partial charge in [-0.1, -0.05) is 59.4 Å². The summed E-state index contributed by atoms with van der Waals surface area (Å²) in [5.41, 5.74) is 6.56. The monoisotopic (exact) mass is 379 g/mol. The Morgan fingerprint density at radius 2 is 1.74 bits per heavy atom. The van der Waals surface area contributed by atoms with Crippen molar-refractivity contribution in [2.24, 2.45) is 17.6 Å². The van der Waals surface area contributed by atoms with Crippen LogP contribution in [-0.2, 0) is 6.42 Å². The molecule has 0 bridgehead atoms. The largest absolute Gasteiger partial charge is 0.508 e. The number of aryl methyl sites for hydroxylation is 1. The second-order valence-corrected chi connectivity index (χ2v) is 8.85. The summed E-state index contributed by atoms with van der Waals surface area (Å²) in [6.07, 6.45) is 8.14. The maximum atomic E-state index is 10.3. The third-order valence-electron chi connectivity index (χ3n) is 5.02. The molecule has 0 aromatic heterocycles. The molecule has 4 N–H and O–H groups in total. The van der Waals surface area contributed by atoms with Crippen molar-refractivity contribution < 1.29 is 14.9 Å². The van der Waals surface area contributed by atoms with Crippen LogP contribution in [0.15, 0.2) is 18.2 Å². The molecule has 0 amide bonds. The molecule has 4 heteroatoms. The molecule has 0 aliphatic carbocycles. The van der Waals surface area contributed by atoms with Crippen LogP contribution in [0.4, 0.5) is 0 Å². The summed E-state index contributed by atoms with van der Waals surface area (Å²) < 4.78 is 5.76. The maximum absolute atomic E-state index is 10.3. The summed E-state index contributed by atoms with van der Waals surface area (Å²) in [7, 11) is 0. The van der Waals surface area contributed by atoms with E-state index in [9.17, 15) is 10.2 Å². The predicted octanol–water partition coefficient (Wildman–Crippen LogP) is 5.05. The number of aliphatic hydroxyl groups is 1. The Hall–Kier alpha value is -1.26. The topological polar surface area (TPSA) is 75.7 Å². The van der Waals surface area contributed by atoms with Crippen LogP contribution in [0.25, 0.3) is 0 Å². The number of aliphatic hydroxyl groups excluding tert-OH is 1. The van der Waals surface area contributed by atoms with Crippen molar-refractivity contribution in [3.8, 4) is 11.5 Å². The van der Waals surface area contributed by atoms with Crippen molar-refractivity contribution in [3.63, 3.8) is 0 Å². The second-order valence-electron chi connectivity index (χ2n) is 8.85. The van der Waals surface area contributed by atoms with Gasteiger partial charge in [0.15, 0.2) is 0 Å². The molecular formula is C23H41NO3. The number of unbranched alkanes of at least 4 members (excludes halogenated alkanes) is 3. The number of hydrogen-bond donors (Lipinski definition) is 3. The smallest absolute Gasteiger partial charge is 0.122 e. The van der Waals surface area contributed by atoms with E-state index in [-0.39, 0.29) is 12.4 Å². The van der Waals surface area contributed by atoms with Crippen LogP contribution in [0.5, 0.6) is 11.5 Å². The van der Waals surface area contributed by atoms with Gasteiger partial charge in [-0.15, -0.1) is 0 Å². The lowest BCUT2D eigenvalue weighted by molar-refractivity contribution is 0.165. The van der Waals surface area contributed by atoms with Crippen molar-refractivity contribution >= 4 is 0 Å². The molecule has 0 saturated carbocycles. The van der Waals surface area contributed by atoms with Crippen LogP contribution in [0.1, 0.15) is 78.2 Å². The third-order valence-corrected chi connectivity index (χ3v) is 5.02. The molecular weight excluding hydrogens is 338 g/mol. The number of aromatic hydroxyl groups is 1. The Morgan fingerprint density at radius 1 is 1.04 bits per heavy atom. The maximum Gasteiger partial charge on any atom is 0.122 e. The van der Waals surface area contributed by atoms with Crippen molar-refractivity contribution in [2.75, 3.05) is 13.2 Å². The van der Waals surface area contributed by atoms with Crippen LogP contribution < -0.4 is 10.5 Å². The lowest BCUT2D eigenvalue weighted by Gasteiger charge is -2.29. The summed E-state index contributed by atoms with van der Waals surface area (Å²) in [6.45, 7) is 9.38. The second kappa shape index (κ2) is 12.2. The fourth-order valence-electron chi connectivity index (χ4n) is 3.49. The highest BCUT2D eigenvalue weighted by Gasteiger charge is 2.25. The van der Waals surface area contributed by atoms with Gasteiger partial charge in [0.1, 0.15) is 11.5 Å². The molecule has 0 aliphatic rings. The summed E-state index contributed by atoms with van der Waals surface area (Å²) in [5.74, 6) is 2.17. The number of phenolic OH excluding ortho intramolecular Hbond substituents is 1. The molecule has 1 aromatic carbocycles. The quantitative estimate of drug-likeness (QED) is 0.396. The summed E-state index contributed by atoms with van der Waals surface area (Å²) in [4.78, 5) is 0. The zero-order valence-corrected chi connectivity index (χ0v) is 17.8. The highest BCUT2D eigenvalue weighted by molar-refractivity contribution is 5.39. The molecule has 1 unspecified atom stereocenters. The first-order valence-corrected chi connectivity index (χ1v) is 10.6. The third kappa shape index (κ3) is 10.0. The number of benzene rings is 1. The molecule has 0 heterocycles. The first-order chi connectivity index (χ1) is 12.8. The lowest BCUT2D eigenvalue weighted by atomic mass is 9.85. The molecule has 0 saturated heterocycles. The van der Waals surface area contributed by atoms with E-state index in [0.29, 0.717) is 31.1 Å². The van der Waals surface area contributed by atoms with Crippen LogP contribution in [0.3, 0.4) is 0 Å². The highest BCUT2D eigenvalue weighted by Crippen LogP contribution is 2.27. The van der Waals surface area contributed by atoms with E-state index in [4.69, 9.17) is 10.5 Å². The van der Waals surface area contributed by atoms with Gasteiger partial charge in [-0.05, 0) is 49.1 Å². The van der Waals surface area contributed by atoms with Gasteiger partial charge in [-0.3, -0.25) is 0 Å². The van der Waals surface area contributed by atoms with Crippen LogP contribution in [0, 0.1) is 11.8 Å². The van der Waals surface area contributed by atoms with E-state index >= 15 is 0 Å². The zero-order valence-electron chi connectivity index (χ0n) is 17.8. The fraction of sp³-hybridized carbons (Fsp3) is 0.739. The van der Waals surface area contributed by atoms with Gasteiger partial charge in [0, 0.05) is 11.6 Å². The summed E-state index contributed by atoms with van der Waals surface area (Å²) in [5, 5.41) is 19.9. The minimum absolute atomic E-state index is 0.0374. The van der Waals surface area contributed by atoms with Crippen molar-refractivity contribution in [2.45, 2.75) is 84.6 Å². The molecule has 1 aromatic rings. The van der Waals surface area contributed by atoms with Gasteiger partial charge in [-0.25, -0.2) is 0 Å². The van der Waals surface area contributed by atoms with Crippen LogP contribution >= 0.6 is 0 Å². The molecule has 0 aliphatic heterocycles. The van der Waals surface area contributed by atoms with E-state index in [0.717, 1.165) is 24.3 Å². The number of hydrogen-bond acceptors (Lipinski definition) is 4. The van der Waals surface area contributed by atoms with Crippen LogP contribution in [-0.4, -0.2) is 29.0 Å². The summed E-state index contributed by atoms with van der Waals surface area (Å²) >= 11 is 0. The van der Waals surface area contributed by atoms with Crippen LogP contribution in [0.2, 0.25) is 0 Å². The number of rotatable bonds is 14. The SMILES string of the molecule is CC(C)CCCCCCOc1ccc(CCC(N)(CO)CC(C)C)c(O)c1. The van der Waals surface area contributed by atoms with Crippen molar-refractivity contribution in [1.29, 1.82) is 0 Å². The van der Waals surface area contributed by atoms with E-state index in [1.165, 1.54) is 25.7 Å². The Morgan fingerprint density at radius 3 is 2.33 bits per heavy atom. The Balaban J connectivity index is 2.38. The van der Waals surface area contributed by atoms with Crippen molar-refractivity contribution in [1.82, 2.24) is 0 Å². The Labute approximate surface area is 166 Å². The zero-order chi connectivity index (χ0) is 20.3. The minimum Gasteiger partial charge on any atom is -0.508 e. The molecule has 0 spiro atoms. The average Bonchev–Trinajstić information content (AvgIpc) is 2.59. The average molecular weight is 380 g/mol. The van der Waals surface area contributed by atoms with Gasteiger partial charge in [0.25, 0.3) is 0 Å². The van der Waals surface area contributed by atoms with Gasteiger partial charge in [0.2, 0.25) is 0 Å².